The van der Waals surface area contributed by atoms with Crippen molar-refractivity contribution in [2.24, 2.45) is 5.92 Å². The molecule has 2 rings (SSSR count). The number of hydrogen-bond acceptors (Lipinski definition) is 5. The number of non-ortho nitro benzene ring substituents is 1. The van der Waals surface area contributed by atoms with Gasteiger partial charge >= 0.3 is 5.97 Å². The molecule has 1 N–H and O–H groups in total. The number of nitrogens with zero attached hydrogens (tertiary/aromatic N) is 3. The number of anilines is 1. The van der Waals surface area contributed by atoms with Crippen molar-refractivity contribution in [1.29, 1.82) is 0 Å². The average molecular weight is 303 g/mol. The van der Waals surface area contributed by atoms with Crippen LogP contribution in [0.5, 0.6) is 0 Å². The minimum absolute atomic E-state index is 0.0147. The van der Waals surface area contributed by atoms with E-state index in [1.807, 2.05) is 6.92 Å². The summed E-state index contributed by atoms with van der Waals surface area (Å²) >= 11 is 0. The Morgan fingerprint density at radius 1 is 1.45 bits per heavy atom. The summed E-state index contributed by atoms with van der Waals surface area (Å²) in [5.41, 5.74) is 2.14. The molecule has 7 heteroatoms. The van der Waals surface area contributed by atoms with Crippen molar-refractivity contribution in [3.05, 3.63) is 40.1 Å². The lowest BCUT2D eigenvalue weighted by Crippen LogP contribution is -2.28. The first kappa shape index (κ1) is 15.7. The zero-order valence-electron chi connectivity index (χ0n) is 12.6. The van der Waals surface area contributed by atoms with Gasteiger partial charge < -0.3 is 10.0 Å². The Labute approximate surface area is 127 Å². The summed E-state index contributed by atoms with van der Waals surface area (Å²) < 4.78 is 0. The molecule has 2 aromatic rings. The van der Waals surface area contributed by atoms with Crippen molar-refractivity contribution in [2.45, 2.75) is 13.8 Å². The van der Waals surface area contributed by atoms with Crippen LogP contribution in [0.4, 0.5) is 11.4 Å². The predicted molar refractivity (Wildman–Crippen MR) is 83.2 cm³/mol. The molecule has 0 bridgehead atoms. The minimum Gasteiger partial charge on any atom is -0.481 e. The average Bonchev–Trinajstić information content (AvgIpc) is 2.45. The topological polar surface area (TPSA) is 96.6 Å². The van der Waals surface area contributed by atoms with Crippen LogP contribution in [-0.4, -0.2) is 34.6 Å². The lowest BCUT2D eigenvalue weighted by molar-refractivity contribution is -0.384. The third kappa shape index (κ3) is 3.13. The van der Waals surface area contributed by atoms with E-state index in [0.29, 0.717) is 17.4 Å². The highest BCUT2D eigenvalue weighted by molar-refractivity contribution is 5.93. The van der Waals surface area contributed by atoms with Crippen LogP contribution in [0.3, 0.4) is 0 Å². The maximum absolute atomic E-state index is 11.0. The van der Waals surface area contributed by atoms with Crippen LogP contribution in [0.2, 0.25) is 0 Å². The number of carboxylic acid groups (broad SMARTS) is 1. The zero-order valence-corrected chi connectivity index (χ0v) is 12.6. The fourth-order valence-corrected chi connectivity index (χ4v) is 2.34. The summed E-state index contributed by atoms with van der Waals surface area (Å²) in [6.07, 6.45) is 0. The van der Waals surface area contributed by atoms with Gasteiger partial charge in [-0.25, -0.2) is 0 Å². The van der Waals surface area contributed by atoms with Crippen molar-refractivity contribution in [1.82, 2.24) is 4.98 Å². The number of pyridine rings is 1. The van der Waals surface area contributed by atoms with E-state index >= 15 is 0 Å². The highest BCUT2D eigenvalue weighted by Crippen LogP contribution is 2.29. The standard InChI is InChI=1S/C15H17N3O4/c1-9(15(19)20)8-17(3)14-6-10(2)16-13-5-4-11(18(21)22)7-12(13)14/h4-7,9H,8H2,1-3H3,(H,19,20). The van der Waals surface area contributed by atoms with Gasteiger partial charge in [-0.15, -0.1) is 0 Å². The zero-order chi connectivity index (χ0) is 16.4. The van der Waals surface area contributed by atoms with Crippen LogP contribution in [-0.2, 0) is 4.79 Å². The maximum Gasteiger partial charge on any atom is 0.308 e. The third-order valence-electron chi connectivity index (χ3n) is 3.49. The summed E-state index contributed by atoms with van der Waals surface area (Å²) in [5, 5.41) is 20.6. The largest absolute Gasteiger partial charge is 0.481 e. The van der Waals surface area contributed by atoms with Gasteiger partial charge in [0.1, 0.15) is 0 Å². The van der Waals surface area contributed by atoms with E-state index in [9.17, 15) is 14.9 Å². The number of nitro groups is 1. The van der Waals surface area contributed by atoms with Gasteiger partial charge in [0.2, 0.25) is 0 Å². The van der Waals surface area contributed by atoms with E-state index in [-0.39, 0.29) is 5.69 Å². The van der Waals surface area contributed by atoms with Crippen LogP contribution in [0.15, 0.2) is 24.3 Å². The van der Waals surface area contributed by atoms with E-state index in [1.54, 1.807) is 31.0 Å². The van der Waals surface area contributed by atoms with Gasteiger partial charge in [0, 0.05) is 42.5 Å². The summed E-state index contributed by atoms with van der Waals surface area (Å²) in [6, 6.07) is 6.30. The second-order valence-corrected chi connectivity index (χ2v) is 5.36. The van der Waals surface area contributed by atoms with Gasteiger partial charge in [0.25, 0.3) is 5.69 Å². The molecule has 0 aliphatic heterocycles. The second kappa shape index (κ2) is 5.97. The van der Waals surface area contributed by atoms with Crippen molar-refractivity contribution in [3.8, 4) is 0 Å². The van der Waals surface area contributed by atoms with Crippen molar-refractivity contribution in [2.75, 3.05) is 18.5 Å². The molecule has 7 nitrogen and oxygen atoms in total. The monoisotopic (exact) mass is 303 g/mol. The number of hydrogen-bond donors (Lipinski definition) is 1. The summed E-state index contributed by atoms with van der Waals surface area (Å²) in [7, 11) is 1.77. The molecule has 1 atom stereocenters. The van der Waals surface area contributed by atoms with Gasteiger partial charge in [-0.05, 0) is 19.1 Å². The van der Waals surface area contributed by atoms with Gasteiger partial charge in [0.15, 0.2) is 0 Å². The number of fused-ring (bicyclic) bond motifs is 1. The molecular formula is C15H17N3O4. The molecule has 0 amide bonds. The van der Waals surface area contributed by atoms with E-state index in [4.69, 9.17) is 5.11 Å². The third-order valence-corrected chi connectivity index (χ3v) is 3.49. The van der Waals surface area contributed by atoms with Crippen molar-refractivity contribution < 1.29 is 14.8 Å². The van der Waals surface area contributed by atoms with E-state index in [2.05, 4.69) is 4.98 Å². The van der Waals surface area contributed by atoms with Crippen LogP contribution < -0.4 is 4.90 Å². The molecule has 0 spiro atoms. The number of rotatable bonds is 5. The molecule has 0 aliphatic carbocycles. The highest BCUT2D eigenvalue weighted by Gasteiger charge is 2.17. The summed E-state index contributed by atoms with van der Waals surface area (Å²) in [5.74, 6) is -1.43. The molecule has 0 saturated heterocycles. The first-order valence-electron chi connectivity index (χ1n) is 6.79. The Bertz CT molecular complexity index is 745. The van der Waals surface area contributed by atoms with E-state index in [0.717, 1.165) is 11.4 Å². The van der Waals surface area contributed by atoms with Crippen molar-refractivity contribution >= 4 is 28.2 Å². The Balaban J connectivity index is 2.53. The lowest BCUT2D eigenvalue weighted by Gasteiger charge is -2.23. The Morgan fingerprint density at radius 3 is 2.73 bits per heavy atom. The Hall–Kier alpha value is -2.70. The number of carbonyl (C=O) groups is 1. The highest BCUT2D eigenvalue weighted by atomic mass is 16.6. The van der Waals surface area contributed by atoms with E-state index in [1.165, 1.54) is 12.1 Å². The molecule has 0 aliphatic rings. The molecule has 1 heterocycles. The second-order valence-electron chi connectivity index (χ2n) is 5.36. The first-order valence-corrected chi connectivity index (χ1v) is 6.79. The van der Waals surface area contributed by atoms with Gasteiger partial charge in [-0.1, -0.05) is 6.92 Å². The number of carboxylic acids is 1. The van der Waals surface area contributed by atoms with Crippen LogP contribution in [0.1, 0.15) is 12.6 Å². The lowest BCUT2D eigenvalue weighted by atomic mass is 10.1. The molecule has 1 aromatic carbocycles. The van der Waals surface area contributed by atoms with Gasteiger partial charge in [-0.3, -0.25) is 19.9 Å². The van der Waals surface area contributed by atoms with Crippen molar-refractivity contribution in [3.63, 3.8) is 0 Å². The molecule has 1 aromatic heterocycles. The van der Waals surface area contributed by atoms with Crippen LogP contribution in [0.25, 0.3) is 10.9 Å². The number of aliphatic carboxylic acids is 1. The smallest absolute Gasteiger partial charge is 0.308 e. The van der Waals surface area contributed by atoms with Gasteiger partial charge in [-0.2, -0.15) is 0 Å². The minimum atomic E-state index is -0.882. The van der Waals surface area contributed by atoms with E-state index < -0.39 is 16.8 Å². The Morgan fingerprint density at radius 2 is 2.14 bits per heavy atom. The number of nitro benzene ring substituents is 1. The SMILES string of the molecule is Cc1cc(N(C)CC(C)C(=O)O)c2cc([N+](=O)[O-])ccc2n1. The van der Waals surface area contributed by atoms with Crippen LogP contribution >= 0.6 is 0 Å². The maximum atomic E-state index is 11.0. The normalized spacial score (nSPS) is 12.1. The molecule has 22 heavy (non-hydrogen) atoms. The van der Waals surface area contributed by atoms with Crippen LogP contribution in [0, 0.1) is 23.0 Å². The summed E-state index contributed by atoms with van der Waals surface area (Å²) in [6.45, 7) is 3.76. The molecular weight excluding hydrogens is 286 g/mol. The molecule has 0 saturated carbocycles. The molecule has 1 unspecified atom stereocenters. The first-order chi connectivity index (χ1) is 10.3. The molecule has 116 valence electrons. The number of aromatic nitrogens is 1. The van der Waals surface area contributed by atoms with Gasteiger partial charge in [0.05, 0.1) is 16.4 Å². The number of aryl methyl sites for hydroxylation is 1. The molecule has 0 fully saturated rings. The molecule has 0 radical (unpaired) electrons. The predicted octanol–water partition coefficient (Wildman–Crippen LogP) is 2.61. The quantitative estimate of drug-likeness (QED) is 0.673. The summed E-state index contributed by atoms with van der Waals surface area (Å²) in [4.78, 5) is 27.7. The number of benzene rings is 1. The fourth-order valence-electron chi connectivity index (χ4n) is 2.34. The Kier molecular flexibility index (Phi) is 4.25. The fraction of sp³-hybridized carbons (Fsp3) is 0.333.